The lowest BCUT2D eigenvalue weighted by Crippen LogP contribution is -2.30. The molecule has 0 spiro atoms. The van der Waals surface area contributed by atoms with E-state index in [0.717, 1.165) is 0 Å². The van der Waals surface area contributed by atoms with Crippen molar-refractivity contribution in [2.45, 2.75) is 0 Å². The van der Waals surface area contributed by atoms with Crippen LogP contribution in [0, 0.1) is 0 Å². The highest BCUT2D eigenvalue weighted by molar-refractivity contribution is 6.35. The summed E-state index contributed by atoms with van der Waals surface area (Å²) in [5, 5.41) is 11.8. The van der Waals surface area contributed by atoms with Gasteiger partial charge >= 0.3 is 0 Å². The molecular formula is C12H11ClN2O3. The quantitative estimate of drug-likeness (QED) is 0.772. The molecule has 0 aliphatic rings. The molecule has 94 valence electrons. The monoisotopic (exact) mass is 266 g/mol. The largest absolute Gasteiger partial charge is 0.395 e. The standard InChI is InChI=1S/C12H11ClN2O3/c13-9-3-1-2-7-10(9)15-6-8(11(7)17)12(18)14-4-5-16/h1-3,6,16H,4-5H2,(H,14,18)(H,15,17). The third kappa shape index (κ3) is 2.23. The number of halogens is 1. The number of carbonyl (C=O) groups excluding carboxylic acids is 1. The Hall–Kier alpha value is -1.85. The van der Waals surface area contributed by atoms with Crippen LogP contribution in [0.3, 0.4) is 0 Å². The van der Waals surface area contributed by atoms with Crippen LogP contribution in [0.25, 0.3) is 10.9 Å². The summed E-state index contributed by atoms with van der Waals surface area (Å²) in [6, 6.07) is 4.91. The van der Waals surface area contributed by atoms with Crippen molar-refractivity contribution in [3.05, 3.63) is 45.2 Å². The van der Waals surface area contributed by atoms with Gasteiger partial charge in [-0.1, -0.05) is 17.7 Å². The van der Waals surface area contributed by atoms with Gasteiger partial charge in [-0.05, 0) is 12.1 Å². The zero-order chi connectivity index (χ0) is 13.1. The van der Waals surface area contributed by atoms with Crippen molar-refractivity contribution in [3.8, 4) is 0 Å². The number of amides is 1. The van der Waals surface area contributed by atoms with Gasteiger partial charge in [-0.25, -0.2) is 0 Å². The number of benzene rings is 1. The van der Waals surface area contributed by atoms with Crippen LogP contribution in [-0.4, -0.2) is 29.1 Å². The van der Waals surface area contributed by atoms with Crippen molar-refractivity contribution >= 4 is 28.4 Å². The first-order valence-corrected chi connectivity index (χ1v) is 5.72. The molecule has 1 amide bonds. The van der Waals surface area contributed by atoms with Crippen LogP contribution < -0.4 is 10.7 Å². The first kappa shape index (κ1) is 12.6. The molecule has 3 N–H and O–H groups in total. The number of hydrogen-bond acceptors (Lipinski definition) is 3. The molecule has 18 heavy (non-hydrogen) atoms. The van der Waals surface area contributed by atoms with Gasteiger partial charge in [0.2, 0.25) is 5.43 Å². The molecule has 0 atom stereocenters. The average molecular weight is 267 g/mol. The second-order valence-corrected chi connectivity index (χ2v) is 4.08. The number of fused-ring (bicyclic) bond motifs is 1. The van der Waals surface area contributed by atoms with Crippen LogP contribution in [0.15, 0.2) is 29.2 Å². The third-order valence-electron chi connectivity index (χ3n) is 2.51. The minimum absolute atomic E-state index is 0.00165. The highest BCUT2D eigenvalue weighted by atomic mass is 35.5. The Morgan fingerprint density at radius 1 is 1.44 bits per heavy atom. The van der Waals surface area contributed by atoms with Crippen molar-refractivity contribution in [2.75, 3.05) is 13.2 Å². The van der Waals surface area contributed by atoms with Crippen LogP contribution in [0.2, 0.25) is 5.02 Å². The number of rotatable bonds is 3. The highest BCUT2D eigenvalue weighted by Crippen LogP contribution is 2.18. The van der Waals surface area contributed by atoms with Crippen LogP contribution in [0.4, 0.5) is 0 Å². The molecule has 1 aromatic heterocycles. The summed E-state index contributed by atoms with van der Waals surface area (Å²) in [6.07, 6.45) is 1.32. The number of carbonyl (C=O) groups is 1. The minimum atomic E-state index is -0.521. The van der Waals surface area contributed by atoms with Crippen LogP contribution >= 0.6 is 11.6 Å². The zero-order valence-corrected chi connectivity index (χ0v) is 10.1. The van der Waals surface area contributed by atoms with E-state index in [1.165, 1.54) is 6.20 Å². The maximum atomic E-state index is 12.1. The van der Waals surface area contributed by atoms with Crippen molar-refractivity contribution in [1.82, 2.24) is 10.3 Å². The molecule has 0 aliphatic carbocycles. The fourth-order valence-corrected chi connectivity index (χ4v) is 1.88. The molecule has 6 heteroatoms. The number of aliphatic hydroxyl groups excluding tert-OH is 1. The number of nitrogens with one attached hydrogen (secondary N) is 2. The number of pyridine rings is 1. The van der Waals surface area contributed by atoms with E-state index in [0.29, 0.717) is 15.9 Å². The number of aliphatic hydroxyl groups is 1. The smallest absolute Gasteiger partial charge is 0.256 e. The molecular weight excluding hydrogens is 256 g/mol. The molecule has 0 aliphatic heterocycles. The normalized spacial score (nSPS) is 10.6. The molecule has 2 rings (SSSR count). The summed E-state index contributed by atoms with van der Waals surface area (Å²) in [5.41, 5.74) is 0.114. The molecule has 0 saturated heterocycles. The topological polar surface area (TPSA) is 82.2 Å². The number of para-hydroxylation sites is 1. The molecule has 0 bridgehead atoms. The fraction of sp³-hybridized carbons (Fsp3) is 0.167. The summed E-state index contributed by atoms with van der Waals surface area (Å²) < 4.78 is 0. The minimum Gasteiger partial charge on any atom is -0.395 e. The van der Waals surface area contributed by atoms with Gasteiger partial charge in [-0.15, -0.1) is 0 Å². The summed E-state index contributed by atoms with van der Waals surface area (Å²) in [5.74, 6) is -0.521. The Bertz CT molecular complexity index is 651. The molecule has 0 unspecified atom stereocenters. The van der Waals surface area contributed by atoms with Gasteiger partial charge in [-0.2, -0.15) is 0 Å². The van der Waals surface area contributed by atoms with Crippen molar-refractivity contribution in [2.24, 2.45) is 0 Å². The molecule has 2 aromatic rings. The Morgan fingerprint density at radius 3 is 2.94 bits per heavy atom. The van der Waals surface area contributed by atoms with Crippen LogP contribution in [0.5, 0.6) is 0 Å². The van der Waals surface area contributed by atoms with E-state index in [1.54, 1.807) is 18.2 Å². The number of aromatic nitrogens is 1. The van der Waals surface area contributed by atoms with E-state index in [-0.39, 0.29) is 24.1 Å². The summed E-state index contributed by atoms with van der Waals surface area (Å²) in [6.45, 7) is -0.0745. The molecule has 0 saturated carbocycles. The number of hydrogen-bond donors (Lipinski definition) is 3. The first-order valence-electron chi connectivity index (χ1n) is 5.34. The highest BCUT2D eigenvalue weighted by Gasteiger charge is 2.13. The Balaban J connectivity index is 2.52. The lowest BCUT2D eigenvalue weighted by molar-refractivity contribution is 0.0943. The van der Waals surface area contributed by atoms with Gasteiger partial charge < -0.3 is 15.4 Å². The Labute approximate surface area is 107 Å². The second-order valence-electron chi connectivity index (χ2n) is 3.67. The number of H-pyrrole nitrogens is 1. The van der Waals surface area contributed by atoms with Gasteiger partial charge in [-0.3, -0.25) is 9.59 Å². The number of aromatic amines is 1. The molecule has 0 radical (unpaired) electrons. The molecule has 1 aromatic carbocycles. The summed E-state index contributed by atoms with van der Waals surface area (Å²) >= 11 is 5.94. The van der Waals surface area contributed by atoms with E-state index in [9.17, 15) is 9.59 Å². The van der Waals surface area contributed by atoms with Crippen molar-refractivity contribution in [3.63, 3.8) is 0 Å². The van der Waals surface area contributed by atoms with Gasteiger partial charge in [0.1, 0.15) is 5.56 Å². The first-order chi connectivity index (χ1) is 8.65. The lowest BCUT2D eigenvalue weighted by atomic mass is 10.1. The lowest BCUT2D eigenvalue weighted by Gasteiger charge is -2.05. The van der Waals surface area contributed by atoms with Crippen molar-refractivity contribution < 1.29 is 9.90 Å². The second kappa shape index (κ2) is 5.20. The molecule has 0 fully saturated rings. The SMILES string of the molecule is O=C(NCCO)c1c[nH]c2c(Cl)cccc2c1=O. The predicted octanol–water partition coefficient (Wildman–Crippen LogP) is 0.904. The summed E-state index contributed by atoms with van der Waals surface area (Å²) in [7, 11) is 0. The molecule has 5 nitrogen and oxygen atoms in total. The maximum Gasteiger partial charge on any atom is 0.256 e. The average Bonchev–Trinajstić information content (AvgIpc) is 2.37. The zero-order valence-electron chi connectivity index (χ0n) is 9.37. The fourth-order valence-electron chi connectivity index (χ4n) is 1.65. The van der Waals surface area contributed by atoms with E-state index in [2.05, 4.69) is 10.3 Å². The van der Waals surface area contributed by atoms with E-state index in [4.69, 9.17) is 16.7 Å². The Morgan fingerprint density at radius 2 is 2.22 bits per heavy atom. The van der Waals surface area contributed by atoms with Crippen molar-refractivity contribution in [1.29, 1.82) is 0 Å². The van der Waals surface area contributed by atoms with E-state index >= 15 is 0 Å². The van der Waals surface area contributed by atoms with Crippen LogP contribution in [-0.2, 0) is 0 Å². The van der Waals surface area contributed by atoms with Gasteiger partial charge in [0.05, 0.1) is 17.1 Å². The predicted molar refractivity (Wildman–Crippen MR) is 69.0 cm³/mol. The molecule has 1 heterocycles. The third-order valence-corrected chi connectivity index (χ3v) is 2.82. The van der Waals surface area contributed by atoms with Gasteiger partial charge in [0.25, 0.3) is 5.91 Å². The van der Waals surface area contributed by atoms with E-state index < -0.39 is 5.91 Å². The van der Waals surface area contributed by atoms with E-state index in [1.807, 2.05) is 0 Å². The summed E-state index contributed by atoms with van der Waals surface area (Å²) in [4.78, 5) is 26.6. The van der Waals surface area contributed by atoms with Gasteiger partial charge in [0.15, 0.2) is 0 Å². The Kier molecular flexibility index (Phi) is 3.64. The van der Waals surface area contributed by atoms with Gasteiger partial charge in [0, 0.05) is 18.1 Å². The maximum absolute atomic E-state index is 12.1. The van der Waals surface area contributed by atoms with Crippen LogP contribution in [0.1, 0.15) is 10.4 Å².